The van der Waals surface area contributed by atoms with E-state index >= 15 is 0 Å². The third kappa shape index (κ3) is 4.53. The van der Waals surface area contributed by atoms with E-state index in [1.807, 2.05) is 42.5 Å². The van der Waals surface area contributed by atoms with Crippen LogP contribution in [0.2, 0.25) is 5.02 Å². The molecule has 5 nitrogen and oxygen atoms in total. The number of carbonyl (C=O) groups excluding carboxylic acids is 1. The summed E-state index contributed by atoms with van der Waals surface area (Å²) in [6, 6.07) is 23.7. The van der Waals surface area contributed by atoms with Crippen LogP contribution in [0.1, 0.15) is 16.7 Å². The van der Waals surface area contributed by atoms with E-state index in [4.69, 9.17) is 16.6 Å². The van der Waals surface area contributed by atoms with Crippen LogP contribution in [0.15, 0.2) is 77.8 Å². The standard InChI is InChI=1S/C28H29ClN4O/c1-20-8-9-21(2)26(18-20)31-14-16-32(17-15-31)28-30-25(19-22-6-4-3-5-7-22)27(34)33(28)24-12-10-23(29)11-13-24/h3-13,18,25H,14-17,19H2,1-2H3. The molecule has 3 aromatic rings. The molecule has 0 aliphatic carbocycles. The monoisotopic (exact) mass is 472 g/mol. The number of rotatable bonds is 4. The van der Waals surface area contributed by atoms with Crippen molar-refractivity contribution in [2.75, 3.05) is 36.0 Å². The van der Waals surface area contributed by atoms with Crippen LogP contribution >= 0.6 is 11.6 Å². The van der Waals surface area contributed by atoms with Gasteiger partial charge in [0, 0.05) is 43.3 Å². The van der Waals surface area contributed by atoms with Crippen molar-refractivity contribution in [3.63, 3.8) is 0 Å². The largest absolute Gasteiger partial charge is 0.368 e. The lowest BCUT2D eigenvalue weighted by Crippen LogP contribution is -2.53. The molecule has 0 saturated carbocycles. The van der Waals surface area contributed by atoms with Crippen LogP contribution in [0.25, 0.3) is 0 Å². The summed E-state index contributed by atoms with van der Waals surface area (Å²) >= 11 is 6.12. The highest BCUT2D eigenvalue weighted by atomic mass is 35.5. The van der Waals surface area contributed by atoms with Crippen LogP contribution in [0.4, 0.5) is 11.4 Å². The van der Waals surface area contributed by atoms with Crippen molar-refractivity contribution in [1.29, 1.82) is 0 Å². The van der Waals surface area contributed by atoms with Gasteiger partial charge in [0.1, 0.15) is 6.04 Å². The van der Waals surface area contributed by atoms with E-state index in [0.717, 1.165) is 43.4 Å². The van der Waals surface area contributed by atoms with Gasteiger partial charge in [0.15, 0.2) is 0 Å². The number of aryl methyl sites for hydroxylation is 2. The first kappa shape index (κ1) is 22.5. The smallest absolute Gasteiger partial charge is 0.259 e. The number of nitrogens with zero attached hydrogens (tertiary/aromatic N) is 4. The molecule has 0 radical (unpaired) electrons. The second-order valence-corrected chi connectivity index (χ2v) is 9.49. The lowest BCUT2D eigenvalue weighted by atomic mass is 10.1. The molecule has 2 aliphatic rings. The van der Waals surface area contributed by atoms with Crippen molar-refractivity contribution < 1.29 is 4.79 Å². The Morgan fingerprint density at radius 2 is 1.56 bits per heavy atom. The summed E-state index contributed by atoms with van der Waals surface area (Å²) in [5.74, 6) is 0.756. The number of guanidine groups is 1. The number of hydrogen-bond donors (Lipinski definition) is 0. The predicted molar refractivity (Wildman–Crippen MR) is 140 cm³/mol. The Balaban J connectivity index is 1.39. The zero-order valence-electron chi connectivity index (χ0n) is 19.6. The van der Waals surface area contributed by atoms with Gasteiger partial charge in [-0.3, -0.25) is 4.79 Å². The van der Waals surface area contributed by atoms with Gasteiger partial charge in [-0.2, -0.15) is 0 Å². The first-order valence-electron chi connectivity index (χ1n) is 11.8. The third-order valence-electron chi connectivity index (χ3n) is 6.60. The van der Waals surface area contributed by atoms with Crippen molar-refractivity contribution >= 4 is 34.8 Å². The molecule has 2 heterocycles. The molecule has 0 bridgehead atoms. The third-order valence-corrected chi connectivity index (χ3v) is 6.85. The minimum absolute atomic E-state index is 0.0122. The fraction of sp³-hybridized carbons (Fsp3) is 0.286. The molecule has 1 saturated heterocycles. The number of anilines is 2. The zero-order chi connectivity index (χ0) is 23.7. The SMILES string of the molecule is Cc1ccc(C)c(N2CCN(C3=NC(Cc4ccccc4)C(=O)N3c3ccc(Cl)cc3)CC2)c1. The van der Waals surface area contributed by atoms with Crippen LogP contribution in [0.5, 0.6) is 0 Å². The van der Waals surface area contributed by atoms with Crippen LogP contribution in [-0.4, -0.2) is 49.0 Å². The molecule has 0 spiro atoms. The average Bonchev–Trinajstić information content (AvgIpc) is 3.17. The summed E-state index contributed by atoms with van der Waals surface area (Å²) in [6.45, 7) is 7.68. The maximum atomic E-state index is 13.6. The van der Waals surface area contributed by atoms with Gasteiger partial charge in [-0.1, -0.05) is 54.1 Å². The number of carbonyl (C=O) groups is 1. The van der Waals surface area contributed by atoms with E-state index in [-0.39, 0.29) is 5.91 Å². The Hall–Kier alpha value is -3.31. The molecule has 2 aliphatic heterocycles. The summed E-state index contributed by atoms with van der Waals surface area (Å²) in [5, 5.41) is 0.650. The topological polar surface area (TPSA) is 39.1 Å². The van der Waals surface area contributed by atoms with Crippen LogP contribution in [-0.2, 0) is 11.2 Å². The highest BCUT2D eigenvalue weighted by Crippen LogP contribution is 2.28. The summed E-state index contributed by atoms with van der Waals surface area (Å²) in [6.07, 6.45) is 0.593. The van der Waals surface area contributed by atoms with E-state index in [0.29, 0.717) is 11.4 Å². The van der Waals surface area contributed by atoms with Crippen molar-refractivity contribution in [3.8, 4) is 0 Å². The van der Waals surface area contributed by atoms with E-state index in [9.17, 15) is 4.79 Å². The van der Waals surface area contributed by atoms with E-state index in [1.165, 1.54) is 16.8 Å². The minimum atomic E-state index is -0.426. The minimum Gasteiger partial charge on any atom is -0.368 e. The molecule has 5 rings (SSSR count). The van der Waals surface area contributed by atoms with Gasteiger partial charge in [0.2, 0.25) is 5.96 Å². The first-order chi connectivity index (χ1) is 16.5. The summed E-state index contributed by atoms with van der Waals surface area (Å²) in [7, 11) is 0. The average molecular weight is 473 g/mol. The molecular formula is C28H29ClN4O. The van der Waals surface area contributed by atoms with Gasteiger partial charge in [0.05, 0.1) is 5.69 Å². The number of halogens is 1. The molecule has 1 amide bonds. The fourth-order valence-electron chi connectivity index (χ4n) is 4.73. The van der Waals surface area contributed by atoms with Crippen LogP contribution < -0.4 is 9.80 Å². The Morgan fingerprint density at radius 1 is 0.882 bits per heavy atom. The lowest BCUT2D eigenvalue weighted by Gasteiger charge is -2.39. The van der Waals surface area contributed by atoms with Crippen LogP contribution in [0, 0.1) is 13.8 Å². The maximum Gasteiger partial charge on any atom is 0.259 e. The van der Waals surface area contributed by atoms with Gasteiger partial charge in [-0.05, 0) is 60.9 Å². The summed E-state index contributed by atoms with van der Waals surface area (Å²) < 4.78 is 0. The molecule has 0 N–H and O–H groups in total. The summed E-state index contributed by atoms with van der Waals surface area (Å²) in [4.78, 5) is 25.0. The van der Waals surface area contributed by atoms with E-state index in [2.05, 4.69) is 54.0 Å². The highest BCUT2D eigenvalue weighted by molar-refractivity contribution is 6.30. The van der Waals surface area contributed by atoms with Crippen molar-refractivity contribution in [2.24, 2.45) is 4.99 Å². The Morgan fingerprint density at radius 3 is 2.26 bits per heavy atom. The molecule has 1 unspecified atom stereocenters. The number of piperazine rings is 1. The lowest BCUT2D eigenvalue weighted by molar-refractivity contribution is -0.118. The molecule has 0 aromatic heterocycles. The Bertz CT molecular complexity index is 1200. The Labute approximate surface area is 206 Å². The summed E-state index contributed by atoms with van der Waals surface area (Å²) in [5.41, 5.74) is 5.77. The second-order valence-electron chi connectivity index (χ2n) is 9.05. The van der Waals surface area contributed by atoms with Gasteiger partial charge < -0.3 is 9.80 Å². The highest BCUT2D eigenvalue weighted by Gasteiger charge is 2.39. The van der Waals surface area contributed by atoms with E-state index in [1.54, 1.807) is 4.90 Å². The van der Waals surface area contributed by atoms with Crippen molar-refractivity contribution in [3.05, 3.63) is 94.5 Å². The molecule has 34 heavy (non-hydrogen) atoms. The molecule has 1 fully saturated rings. The number of hydrogen-bond acceptors (Lipinski definition) is 4. The first-order valence-corrected chi connectivity index (χ1v) is 12.2. The van der Waals surface area contributed by atoms with Gasteiger partial charge in [0.25, 0.3) is 5.91 Å². The molecule has 6 heteroatoms. The van der Waals surface area contributed by atoms with Crippen molar-refractivity contribution in [1.82, 2.24) is 4.90 Å². The van der Waals surface area contributed by atoms with Crippen LogP contribution in [0.3, 0.4) is 0 Å². The van der Waals surface area contributed by atoms with Gasteiger partial charge in [-0.25, -0.2) is 9.89 Å². The number of aliphatic imine (C=N–C) groups is 1. The second kappa shape index (κ2) is 9.51. The van der Waals surface area contributed by atoms with Crippen molar-refractivity contribution in [2.45, 2.75) is 26.3 Å². The quantitative estimate of drug-likeness (QED) is 0.530. The molecule has 3 aromatic carbocycles. The predicted octanol–water partition coefficient (Wildman–Crippen LogP) is 5.09. The number of amides is 1. The normalized spacial score (nSPS) is 18.4. The Kier molecular flexibility index (Phi) is 6.29. The molecular weight excluding hydrogens is 444 g/mol. The van der Waals surface area contributed by atoms with Gasteiger partial charge >= 0.3 is 0 Å². The zero-order valence-corrected chi connectivity index (χ0v) is 20.4. The molecule has 174 valence electrons. The maximum absolute atomic E-state index is 13.6. The van der Waals surface area contributed by atoms with E-state index < -0.39 is 6.04 Å². The number of benzene rings is 3. The molecule has 1 atom stereocenters. The van der Waals surface area contributed by atoms with Gasteiger partial charge in [-0.15, -0.1) is 0 Å². The fourth-order valence-corrected chi connectivity index (χ4v) is 4.86.